The molecule has 0 aliphatic rings. The van der Waals surface area contributed by atoms with Crippen LogP contribution in [0.1, 0.15) is 57.1 Å². The highest BCUT2D eigenvalue weighted by atomic mass is 35.5. The van der Waals surface area contributed by atoms with E-state index < -0.39 is 0 Å². The zero-order valence-electron chi connectivity index (χ0n) is 12.3. The lowest BCUT2D eigenvalue weighted by molar-refractivity contribution is 0.471. The van der Waals surface area contributed by atoms with Crippen molar-refractivity contribution < 1.29 is 4.39 Å². The molecule has 1 aromatic carbocycles. The van der Waals surface area contributed by atoms with E-state index in [4.69, 9.17) is 11.6 Å². The Kier molecular flexibility index (Phi) is 8.56. The van der Waals surface area contributed by atoms with Crippen molar-refractivity contribution in [2.24, 2.45) is 0 Å². The quantitative estimate of drug-likeness (QED) is 0.434. The molecule has 112 valence electrons. The molecular formula is C17H25ClFN. The Hall–Kier alpha value is -0.860. The van der Waals surface area contributed by atoms with E-state index in [1.807, 2.05) is 6.08 Å². The monoisotopic (exact) mass is 297 g/mol. The number of benzene rings is 1. The van der Waals surface area contributed by atoms with Crippen molar-refractivity contribution in [3.8, 4) is 0 Å². The highest BCUT2D eigenvalue weighted by Crippen LogP contribution is 2.27. The van der Waals surface area contributed by atoms with Gasteiger partial charge in [0.2, 0.25) is 0 Å². The van der Waals surface area contributed by atoms with Gasteiger partial charge in [0.05, 0.1) is 0 Å². The number of nitrogens with one attached hydrogen (secondary N) is 1. The Balaban J connectivity index is 2.60. The van der Waals surface area contributed by atoms with Gasteiger partial charge in [-0.1, -0.05) is 43.5 Å². The number of halogens is 2. The van der Waals surface area contributed by atoms with Gasteiger partial charge in [-0.05, 0) is 49.9 Å². The summed E-state index contributed by atoms with van der Waals surface area (Å²) in [5, 5.41) is 4.03. The molecule has 0 spiro atoms. The van der Waals surface area contributed by atoms with Crippen molar-refractivity contribution in [2.45, 2.75) is 51.5 Å². The van der Waals surface area contributed by atoms with Crippen LogP contribution >= 0.6 is 11.6 Å². The first-order valence-corrected chi connectivity index (χ1v) is 7.86. The van der Waals surface area contributed by atoms with E-state index in [1.165, 1.54) is 25.0 Å². The van der Waals surface area contributed by atoms with Gasteiger partial charge >= 0.3 is 0 Å². The lowest BCUT2D eigenvalue weighted by Gasteiger charge is -2.20. The first-order valence-electron chi connectivity index (χ1n) is 7.48. The fourth-order valence-electron chi connectivity index (χ4n) is 2.28. The highest BCUT2D eigenvalue weighted by Gasteiger charge is 2.14. The standard InChI is InChI=1S/C17H25ClFN/c1-3-5-6-7-8-9-17(20-12-4-2)15-11-10-14(19)13-16(15)18/h3,10-11,13,17,20H,1,4-9,12H2,2H3. The Morgan fingerprint density at radius 2 is 2.15 bits per heavy atom. The lowest BCUT2D eigenvalue weighted by atomic mass is 9.99. The number of hydrogen-bond donors (Lipinski definition) is 1. The summed E-state index contributed by atoms with van der Waals surface area (Å²) in [6.45, 7) is 6.82. The topological polar surface area (TPSA) is 12.0 Å². The van der Waals surface area contributed by atoms with Crippen molar-refractivity contribution in [1.82, 2.24) is 5.32 Å². The minimum atomic E-state index is -0.279. The molecule has 0 saturated heterocycles. The Morgan fingerprint density at radius 3 is 2.80 bits per heavy atom. The second-order valence-corrected chi connectivity index (χ2v) is 5.51. The molecule has 0 aliphatic heterocycles. The molecule has 1 N–H and O–H groups in total. The van der Waals surface area contributed by atoms with E-state index in [0.717, 1.165) is 37.8 Å². The van der Waals surface area contributed by atoms with E-state index in [9.17, 15) is 4.39 Å². The van der Waals surface area contributed by atoms with E-state index in [2.05, 4.69) is 18.8 Å². The summed E-state index contributed by atoms with van der Waals surface area (Å²) >= 11 is 6.17. The van der Waals surface area contributed by atoms with Crippen molar-refractivity contribution >= 4 is 11.6 Å². The first-order chi connectivity index (χ1) is 9.69. The molecule has 1 aromatic rings. The summed E-state index contributed by atoms with van der Waals surface area (Å²) in [5.41, 5.74) is 1.00. The molecule has 20 heavy (non-hydrogen) atoms. The van der Waals surface area contributed by atoms with E-state index in [0.29, 0.717) is 5.02 Å². The Morgan fingerprint density at radius 1 is 1.35 bits per heavy atom. The second kappa shape index (κ2) is 9.95. The van der Waals surface area contributed by atoms with E-state index in [1.54, 1.807) is 6.07 Å². The molecule has 1 atom stereocenters. The third-order valence-corrected chi connectivity index (χ3v) is 3.71. The van der Waals surface area contributed by atoms with Crippen LogP contribution in [-0.4, -0.2) is 6.54 Å². The summed E-state index contributed by atoms with van der Waals surface area (Å²) < 4.78 is 13.1. The summed E-state index contributed by atoms with van der Waals surface area (Å²) in [6.07, 6.45) is 8.65. The van der Waals surface area contributed by atoms with E-state index >= 15 is 0 Å². The van der Waals surface area contributed by atoms with E-state index in [-0.39, 0.29) is 11.9 Å². The predicted octanol–water partition coefficient (Wildman–Crippen LogP) is 5.66. The molecular weight excluding hydrogens is 273 g/mol. The van der Waals surface area contributed by atoms with Crippen LogP contribution in [0.5, 0.6) is 0 Å². The van der Waals surface area contributed by atoms with Gasteiger partial charge in [0, 0.05) is 11.1 Å². The molecule has 0 aromatic heterocycles. The van der Waals surface area contributed by atoms with Crippen LogP contribution in [0.2, 0.25) is 5.02 Å². The molecule has 0 aliphatic carbocycles. The number of hydrogen-bond acceptors (Lipinski definition) is 1. The van der Waals surface area contributed by atoms with Crippen LogP contribution in [-0.2, 0) is 0 Å². The normalized spacial score (nSPS) is 12.3. The summed E-state index contributed by atoms with van der Waals surface area (Å²) in [4.78, 5) is 0. The summed E-state index contributed by atoms with van der Waals surface area (Å²) in [5.74, 6) is -0.279. The van der Waals surface area contributed by atoms with Gasteiger partial charge in [0.15, 0.2) is 0 Å². The van der Waals surface area contributed by atoms with Crippen molar-refractivity contribution in [2.75, 3.05) is 6.54 Å². The van der Waals surface area contributed by atoms with Crippen LogP contribution in [0.15, 0.2) is 30.9 Å². The third kappa shape index (κ3) is 6.06. The molecule has 1 nitrogen and oxygen atoms in total. The zero-order valence-corrected chi connectivity index (χ0v) is 13.1. The minimum Gasteiger partial charge on any atom is -0.310 e. The average Bonchev–Trinajstić information content (AvgIpc) is 2.43. The lowest BCUT2D eigenvalue weighted by Crippen LogP contribution is -2.22. The molecule has 3 heteroatoms. The first kappa shape index (κ1) is 17.2. The Labute approximate surface area is 127 Å². The SMILES string of the molecule is C=CCCCCCC(NCCC)c1ccc(F)cc1Cl. The van der Waals surface area contributed by atoms with Crippen molar-refractivity contribution in [3.05, 3.63) is 47.3 Å². The number of unbranched alkanes of at least 4 members (excludes halogenated alkanes) is 3. The van der Waals surface area contributed by atoms with Gasteiger partial charge in [-0.25, -0.2) is 4.39 Å². The van der Waals surface area contributed by atoms with Gasteiger partial charge in [0.1, 0.15) is 5.82 Å². The molecule has 1 unspecified atom stereocenters. The molecule has 0 heterocycles. The maximum Gasteiger partial charge on any atom is 0.124 e. The predicted molar refractivity (Wildman–Crippen MR) is 85.7 cm³/mol. The number of rotatable bonds is 10. The molecule has 0 amide bonds. The third-order valence-electron chi connectivity index (χ3n) is 3.38. The fraction of sp³-hybridized carbons (Fsp3) is 0.529. The maximum absolute atomic E-state index is 13.1. The van der Waals surface area contributed by atoms with Gasteiger partial charge in [-0.3, -0.25) is 0 Å². The van der Waals surface area contributed by atoms with Crippen molar-refractivity contribution in [3.63, 3.8) is 0 Å². The largest absolute Gasteiger partial charge is 0.310 e. The van der Waals surface area contributed by atoms with Crippen molar-refractivity contribution in [1.29, 1.82) is 0 Å². The maximum atomic E-state index is 13.1. The van der Waals surface area contributed by atoms with Gasteiger partial charge < -0.3 is 5.32 Å². The van der Waals surface area contributed by atoms with Crippen LogP contribution < -0.4 is 5.32 Å². The summed E-state index contributed by atoms with van der Waals surface area (Å²) in [7, 11) is 0. The highest BCUT2D eigenvalue weighted by molar-refractivity contribution is 6.31. The van der Waals surface area contributed by atoms with Crippen LogP contribution in [0.3, 0.4) is 0 Å². The fourth-order valence-corrected chi connectivity index (χ4v) is 2.58. The van der Waals surface area contributed by atoms with Gasteiger partial charge in [-0.15, -0.1) is 6.58 Å². The zero-order chi connectivity index (χ0) is 14.8. The molecule has 0 radical (unpaired) electrons. The molecule has 0 bridgehead atoms. The smallest absolute Gasteiger partial charge is 0.124 e. The number of allylic oxidation sites excluding steroid dienone is 1. The minimum absolute atomic E-state index is 0.215. The van der Waals surface area contributed by atoms with Crippen LogP contribution in [0.25, 0.3) is 0 Å². The Bertz CT molecular complexity index is 406. The van der Waals surface area contributed by atoms with Crippen LogP contribution in [0.4, 0.5) is 4.39 Å². The van der Waals surface area contributed by atoms with Crippen LogP contribution in [0, 0.1) is 5.82 Å². The van der Waals surface area contributed by atoms with Gasteiger partial charge in [0.25, 0.3) is 0 Å². The summed E-state index contributed by atoms with van der Waals surface area (Å²) in [6, 6.07) is 4.90. The molecule has 0 saturated carbocycles. The molecule has 0 fully saturated rings. The second-order valence-electron chi connectivity index (χ2n) is 5.10. The molecule has 1 rings (SSSR count). The van der Waals surface area contributed by atoms with Gasteiger partial charge in [-0.2, -0.15) is 0 Å². The average molecular weight is 298 g/mol.